The van der Waals surface area contributed by atoms with Gasteiger partial charge in [-0.2, -0.15) is 0 Å². The van der Waals surface area contributed by atoms with Gasteiger partial charge in [-0.15, -0.1) is 58.7 Å². The number of aryl methyl sites for hydroxylation is 2. The quantitative estimate of drug-likeness (QED) is 0.123. The number of rotatable bonds is 6. The fourth-order valence-corrected chi connectivity index (χ4v) is 7.29. The zero-order chi connectivity index (χ0) is 36.5. The minimum absolute atomic E-state index is 0. The molecule has 0 fully saturated rings. The van der Waals surface area contributed by atoms with Crippen LogP contribution in [0.2, 0.25) is 19.6 Å². The molecule has 0 atom stereocenters. The van der Waals surface area contributed by atoms with Gasteiger partial charge >= 0.3 is 0 Å². The van der Waals surface area contributed by atoms with Crippen molar-refractivity contribution in [3.63, 3.8) is 0 Å². The van der Waals surface area contributed by atoms with Crippen LogP contribution in [0.25, 0.3) is 55.6 Å². The molecule has 1 radical (unpaired) electrons. The summed E-state index contributed by atoms with van der Waals surface area (Å²) in [5.41, 5.74) is 13.5. The monoisotopic (exact) mass is 879 g/mol. The molecule has 0 saturated carbocycles. The van der Waals surface area contributed by atoms with Crippen LogP contribution >= 0.6 is 0 Å². The Morgan fingerprint density at radius 1 is 0.712 bits per heavy atom. The average Bonchev–Trinajstić information content (AvgIpc) is 3.46. The summed E-state index contributed by atoms with van der Waals surface area (Å²) < 4.78 is 6.23. The van der Waals surface area contributed by atoms with Crippen molar-refractivity contribution in [2.75, 3.05) is 0 Å². The third-order valence-electron chi connectivity index (χ3n) is 9.54. The molecule has 269 valence electrons. The Morgan fingerprint density at radius 3 is 2.12 bits per heavy atom. The van der Waals surface area contributed by atoms with Gasteiger partial charge in [0.05, 0.1) is 13.7 Å². The summed E-state index contributed by atoms with van der Waals surface area (Å²) >= 11 is 0. The molecule has 0 amide bonds. The topological polar surface area (TPSA) is 38.9 Å². The molecule has 0 unspecified atom stereocenters. The van der Waals surface area contributed by atoms with Crippen molar-refractivity contribution in [1.29, 1.82) is 0 Å². The van der Waals surface area contributed by atoms with E-state index in [1.165, 1.54) is 38.6 Å². The summed E-state index contributed by atoms with van der Waals surface area (Å²) in [5, 5.41) is 3.62. The third kappa shape index (κ3) is 9.07. The van der Waals surface area contributed by atoms with Crippen LogP contribution < -0.4 is 5.19 Å². The number of hydrogen-bond donors (Lipinski definition) is 0. The number of aromatic nitrogens is 2. The molecule has 0 aliphatic rings. The maximum absolute atomic E-state index is 6.23. The summed E-state index contributed by atoms with van der Waals surface area (Å²) in [5.74, 6) is 0.614. The molecule has 52 heavy (non-hydrogen) atoms. The van der Waals surface area contributed by atoms with E-state index in [0.29, 0.717) is 5.92 Å². The van der Waals surface area contributed by atoms with Crippen LogP contribution in [0.5, 0.6) is 0 Å². The van der Waals surface area contributed by atoms with Crippen LogP contribution in [-0.2, 0) is 31.9 Å². The van der Waals surface area contributed by atoms with E-state index in [4.69, 9.17) is 4.42 Å². The van der Waals surface area contributed by atoms with E-state index in [2.05, 4.69) is 169 Å². The van der Waals surface area contributed by atoms with Gasteiger partial charge in [-0.1, -0.05) is 134 Å². The van der Waals surface area contributed by atoms with Gasteiger partial charge in [0.1, 0.15) is 5.58 Å². The first kappa shape index (κ1) is 39.1. The van der Waals surface area contributed by atoms with Crippen LogP contribution in [-0.4, -0.2) is 18.0 Å². The minimum Gasteiger partial charge on any atom is -0.500 e. The molecule has 0 aliphatic carbocycles. The zero-order valence-corrected chi connectivity index (χ0v) is 35.6. The molecule has 4 aromatic carbocycles. The van der Waals surface area contributed by atoms with Gasteiger partial charge in [0, 0.05) is 37.9 Å². The summed E-state index contributed by atoms with van der Waals surface area (Å²) in [4.78, 5) is 9.20. The van der Waals surface area contributed by atoms with E-state index in [-0.39, 0.29) is 25.5 Å². The van der Waals surface area contributed by atoms with Crippen molar-refractivity contribution in [3.05, 3.63) is 138 Å². The van der Waals surface area contributed by atoms with Gasteiger partial charge in [-0.25, -0.2) is 0 Å². The van der Waals surface area contributed by atoms with Gasteiger partial charge in [-0.3, -0.25) is 0 Å². The number of nitrogens with zero attached hydrogens (tertiary/aromatic N) is 2. The number of furan rings is 1. The molecule has 0 N–H and O–H groups in total. The number of fused-ring (bicyclic) bond motifs is 3. The normalized spacial score (nSPS) is 11.8. The van der Waals surface area contributed by atoms with Crippen LogP contribution in [0, 0.1) is 31.9 Å². The summed E-state index contributed by atoms with van der Waals surface area (Å²) in [6.07, 6.45) is 4.98. The fraction of sp³-hybridized carbons (Fsp3) is 0.277. The second-order valence-electron chi connectivity index (χ2n) is 16.3. The zero-order valence-electron chi connectivity index (χ0n) is 32.2. The maximum atomic E-state index is 6.23. The van der Waals surface area contributed by atoms with Crippen molar-refractivity contribution in [1.82, 2.24) is 9.97 Å². The first-order chi connectivity index (χ1) is 24.2. The predicted octanol–water partition coefficient (Wildman–Crippen LogP) is 12.3. The summed E-state index contributed by atoms with van der Waals surface area (Å²) in [6.45, 7) is 22.5. The van der Waals surface area contributed by atoms with Gasteiger partial charge in [0.15, 0.2) is 0 Å². The second kappa shape index (κ2) is 15.8. The molecule has 3 heterocycles. The molecular weight excluding hydrogens is 829 g/mol. The molecule has 0 bridgehead atoms. The molecule has 5 heteroatoms. The van der Waals surface area contributed by atoms with Crippen molar-refractivity contribution in [3.8, 4) is 33.6 Å². The molecule has 7 rings (SSSR count). The molecule has 0 aliphatic heterocycles. The van der Waals surface area contributed by atoms with E-state index < -0.39 is 8.07 Å². The predicted molar refractivity (Wildman–Crippen MR) is 219 cm³/mol. The summed E-state index contributed by atoms with van der Waals surface area (Å²) in [7, 11) is -1.25. The third-order valence-corrected chi connectivity index (χ3v) is 11.6. The molecule has 7 aromatic rings. The van der Waals surface area contributed by atoms with E-state index in [1.807, 2.05) is 24.5 Å². The Kier molecular flexibility index (Phi) is 11.9. The van der Waals surface area contributed by atoms with E-state index in [1.54, 1.807) is 0 Å². The standard InChI is InChI=1S/C31H30NO.C16H20NSi.Ir/c1-20(2)15-21-13-14-32-28(16-21)24-10-12-29-27(18-24)26-11-9-23(19-30(26)33-29)22-7-6-8-25(17-22)31(3,4)5;1-12-6-7-14(10-13(12)2)16-9-8-15(11-17-16)18(3,4)5;/h6-9,11-14,16-20H,15H2,1-5H3;6,8-11H,1-5H3;/q2*-1;. The minimum atomic E-state index is -1.25. The maximum Gasteiger partial charge on any atom is 0.121 e. The molecular formula is C47H50IrN2OSi-2. The van der Waals surface area contributed by atoms with Gasteiger partial charge < -0.3 is 14.4 Å². The fourth-order valence-electron chi connectivity index (χ4n) is 6.25. The molecule has 0 saturated heterocycles. The van der Waals surface area contributed by atoms with Crippen LogP contribution in [0.3, 0.4) is 0 Å². The van der Waals surface area contributed by atoms with Gasteiger partial charge in [0.2, 0.25) is 0 Å². The first-order valence-corrected chi connectivity index (χ1v) is 21.6. The SMILES string of the molecule is CC(C)Cc1ccnc(-c2[c-]cc3oc4cc(-c5cccc(C(C)(C)C)c5)ccc4c3c2)c1.Cc1c[c-]c(-c2ccc([Si](C)(C)C)cn2)cc1C.[Ir]. The number of hydrogen-bond acceptors (Lipinski definition) is 3. The van der Waals surface area contributed by atoms with Crippen molar-refractivity contribution in [2.45, 2.75) is 79.9 Å². The number of pyridine rings is 2. The first-order valence-electron chi connectivity index (χ1n) is 18.1. The number of benzene rings is 4. The average molecular weight is 879 g/mol. The Morgan fingerprint density at radius 2 is 1.44 bits per heavy atom. The van der Waals surface area contributed by atoms with Gasteiger partial charge in [-0.05, 0) is 63.2 Å². The van der Waals surface area contributed by atoms with Crippen molar-refractivity contribution in [2.24, 2.45) is 5.92 Å². The van der Waals surface area contributed by atoms with Gasteiger partial charge in [0.25, 0.3) is 0 Å². The molecule has 0 spiro atoms. The van der Waals surface area contributed by atoms with Crippen LogP contribution in [0.1, 0.15) is 56.9 Å². The molecule has 3 aromatic heterocycles. The summed E-state index contributed by atoms with van der Waals surface area (Å²) in [6, 6.07) is 38.9. The Hall–Kier alpha value is -4.15. The van der Waals surface area contributed by atoms with E-state index in [0.717, 1.165) is 50.9 Å². The van der Waals surface area contributed by atoms with Crippen LogP contribution in [0.4, 0.5) is 0 Å². The Balaban J connectivity index is 0.000000234. The second-order valence-corrected chi connectivity index (χ2v) is 21.4. The van der Waals surface area contributed by atoms with Crippen molar-refractivity contribution >= 4 is 35.2 Å². The van der Waals surface area contributed by atoms with E-state index >= 15 is 0 Å². The van der Waals surface area contributed by atoms with Crippen LogP contribution in [0.15, 0.2) is 108 Å². The van der Waals surface area contributed by atoms with E-state index in [9.17, 15) is 0 Å². The molecule has 3 nitrogen and oxygen atoms in total. The Labute approximate surface area is 325 Å². The largest absolute Gasteiger partial charge is 0.500 e. The smallest absolute Gasteiger partial charge is 0.121 e. The van der Waals surface area contributed by atoms with Crippen molar-refractivity contribution < 1.29 is 24.5 Å². The Bertz CT molecular complexity index is 2310.